The number of rotatable bonds is 5. The van der Waals surface area contributed by atoms with Crippen LogP contribution in [0.1, 0.15) is 25.7 Å². The van der Waals surface area contributed by atoms with E-state index in [4.69, 9.17) is 4.74 Å². The fourth-order valence-electron chi connectivity index (χ4n) is 4.27. The molecule has 4 aromatic rings. The summed E-state index contributed by atoms with van der Waals surface area (Å²) in [7, 11) is 1.57. The largest absolute Gasteiger partial charge is 0.522 e. The van der Waals surface area contributed by atoms with E-state index < -0.39 is 12.5 Å². The summed E-state index contributed by atoms with van der Waals surface area (Å²) in [4.78, 5) is 12.9. The Balaban J connectivity index is 1.33. The third-order valence-corrected chi connectivity index (χ3v) is 5.83. The topological polar surface area (TPSA) is 86.5 Å². The van der Waals surface area contributed by atoms with Gasteiger partial charge >= 0.3 is 6.36 Å². The van der Waals surface area contributed by atoms with Crippen molar-refractivity contribution < 1.29 is 22.6 Å². The van der Waals surface area contributed by atoms with Crippen LogP contribution < -0.4 is 10.1 Å². The number of aromatic nitrogens is 5. The first-order valence-electron chi connectivity index (χ1n) is 10.5. The maximum Gasteiger partial charge on any atom is 0.522 e. The molecule has 1 fully saturated rings. The van der Waals surface area contributed by atoms with Crippen LogP contribution in [0.3, 0.4) is 0 Å². The van der Waals surface area contributed by atoms with E-state index in [1.54, 1.807) is 17.8 Å². The quantitative estimate of drug-likeness (QED) is 0.467. The van der Waals surface area contributed by atoms with Crippen molar-refractivity contribution in [2.45, 2.75) is 44.2 Å². The van der Waals surface area contributed by atoms with E-state index in [1.807, 2.05) is 30.5 Å². The Morgan fingerprint density at radius 2 is 1.88 bits per heavy atom. The molecule has 1 saturated carbocycles. The number of halogens is 3. The smallest absolute Gasteiger partial charge is 0.480 e. The second-order valence-corrected chi connectivity index (χ2v) is 7.94. The number of fused-ring (bicyclic) bond motifs is 2. The molecular formula is C22H21F3N6O2. The number of benzene rings is 1. The first-order chi connectivity index (χ1) is 15.9. The van der Waals surface area contributed by atoms with E-state index in [2.05, 4.69) is 30.1 Å². The molecule has 0 unspecified atom stereocenters. The van der Waals surface area contributed by atoms with Crippen LogP contribution in [0, 0.1) is 0 Å². The van der Waals surface area contributed by atoms with Crippen LogP contribution in [-0.4, -0.2) is 50.2 Å². The Morgan fingerprint density at radius 1 is 1.06 bits per heavy atom. The van der Waals surface area contributed by atoms with Crippen molar-refractivity contribution in [3.05, 3.63) is 43.0 Å². The van der Waals surface area contributed by atoms with E-state index in [0.29, 0.717) is 37.5 Å². The summed E-state index contributed by atoms with van der Waals surface area (Å²) in [5.74, 6) is 0.932. The zero-order chi connectivity index (χ0) is 23.0. The summed E-state index contributed by atoms with van der Waals surface area (Å²) in [5, 5.41) is 8.56. The lowest BCUT2D eigenvalue weighted by Crippen LogP contribution is -2.33. The van der Waals surface area contributed by atoms with Crippen LogP contribution in [0.4, 0.5) is 19.1 Å². The number of nitrogens with zero attached hydrogens (tertiary/aromatic N) is 5. The van der Waals surface area contributed by atoms with E-state index in [9.17, 15) is 13.2 Å². The number of nitrogens with one attached hydrogen (secondary N) is 1. The molecule has 0 spiro atoms. The Kier molecular flexibility index (Phi) is 5.49. The van der Waals surface area contributed by atoms with Crippen molar-refractivity contribution in [1.82, 2.24) is 24.6 Å². The van der Waals surface area contributed by atoms with Gasteiger partial charge in [0.05, 0.1) is 35.8 Å². The second-order valence-electron chi connectivity index (χ2n) is 7.94. The Hall–Kier alpha value is -3.47. The molecule has 5 rings (SSSR count). The monoisotopic (exact) mass is 458 g/mol. The second kappa shape index (κ2) is 8.47. The molecule has 1 aromatic carbocycles. The lowest BCUT2D eigenvalue weighted by Gasteiger charge is -2.29. The van der Waals surface area contributed by atoms with Crippen molar-refractivity contribution in [2.75, 3.05) is 12.4 Å². The van der Waals surface area contributed by atoms with E-state index in [0.717, 1.165) is 27.5 Å². The fourth-order valence-corrected chi connectivity index (χ4v) is 4.27. The van der Waals surface area contributed by atoms with Crippen molar-refractivity contribution >= 4 is 22.4 Å². The predicted octanol–water partition coefficient (Wildman–Crippen LogP) is 4.61. The molecular weight excluding hydrogens is 437 g/mol. The van der Waals surface area contributed by atoms with Crippen LogP contribution in [-0.2, 0) is 4.74 Å². The first kappa shape index (κ1) is 21.4. The molecule has 8 nitrogen and oxygen atoms in total. The minimum atomic E-state index is -4.59. The van der Waals surface area contributed by atoms with Gasteiger partial charge in [0, 0.05) is 17.8 Å². The molecule has 0 radical (unpaired) electrons. The van der Waals surface area contributed by atoms with E-state index in [1.165, 1.54) is 6.33 Å². The van der Waals surface area contributed by atoms with Crippen LogP contribution in [0.15, 0.2) is 43.0 Å². The third-order valence-electron chi connectivity index (χ3n) is 5.83. The molecule has 172 valence electrons. The Bertz CT molecular complexity index is 1280. The van der Waals surface area contributed by atoms with Gasteiger partial charge in [-0.15, -0.1) is 18.3 Å². The molecule has 0 amide bonds. The fraction of sp³-hybridized carbons (Fsp3) is 0.364. The van der Waals surface area contributed by atoms with Crippen molar-refractivity contribution in [3.8, 4) is 17.0 Å². The first-order valence-corrected chi connectivity index (χ1v) is 10.5. The minimum absolute atomic E-state index is 0.00137. The molecule has 1 N–H and O–H groups in total. The summed E-state index contributed by atoms with van der Waals surface area (Å²) in [5.41, 5.74) is 3.50. The maximum atomic E-state index is 12.4. The van der Waals surface area contributed by atoms with Crippen LogP contribution >= 0.6 is 0 Å². The maximum absolute atomic E-state index is 12.4. The minimum Gasteiger partial charge on any atom is -0.480 e. The Labute approximate surface area is 186 Å². The highest BCUT2D eigenvalue weighted by molar-refractivity contribution is 5.91. The number of hydrogen-bond acceptors (Lipinski definition) is 7. The molecule has 3 aromatic heterocycles. The highest BCUT2D eigenvalue weighted by Gasteiger charge is 2.35. The number of methoxy groups -OCH3 is 1. The van der Waals surface area contributed by atoms with Gasteiger partial charge in [0.15, 0.2) is 0 Å². The number of hydrogen-bond donors (Lipinski definition) is 1. The molecule has 1 aliphatic rings. The van der Waals surface area contributed by atoms with Gasteiger partial charge in [0.2, 0.25) is 11.8 Å². The van der Waals surface area contributed by atoms with Crippen LogP contribution in [0.2, 0.25) is 0 Å². The zero-order valence-electron chi connectivity index (χ0n) is 17.7. The predicted molar refractivity (Wildman–Crippen MR) is 115 cm³/mol. The molecule has 0 bridgehead atoms. The highest BCUT2D eigenvalue weighted by atomic mass is 19.4. The third kappa shape index (κ3) is 4.54. The lowest BCUT2D eigenvalue weighted by molar-refractivity contribution is -0.345. The van der Waals surface area contributed by atoms with Gasteiger partial charge in [-0.25, -0.2) is 19.5 Å². The number of ether oxygens (including phenoxy) is 2. The van der Waals surface area contributed by atoms with Gasteiger partial charge in [-0.05, 0) is 49.4 Å². The molecule has 0 aliphatic heterocycles. The molecule has 3 heterocycles. The SMILES string of the molecule is COc1ncnc2ccc(-c3ccn4nc(NC5CCC(OC(F)(F)F)CC5)ncc34)cc12. The van der Waals surface area contributed by atoms with Gasteiger partial charge < -0.3 is 10.1 Å². The average molecular weight is 458 g/mol. The highest BCUT2D eigenvalue weighted by Crippen LogP contribution is 2.31. The number of anilines is 1. The summed E-state index contributed by atoms with van der Waals surface area (Å²) >= 11 is 0. The standard InChI is InChI=1S/C22H21F3N6O2/c1-32-20-17-10-13(2-7-18(17)27-12-28-20)16-8-9-31-19(16)11-26-21(30-31)29-14-3-5-15(6-4-14)33-22(23,24)25/h2,7-12,14-15H,3-6H2,1H3,(H,29,30). The Morgan fingerprint density at radius 3 is 2.64 bits per heavy atom. The molecule has 0 atom stereocenters. The summed E-state index contributed by atoms with van der Waals surface area (Å²) < 4.78 is 48.4. The normalized spacial score (nSPS) is 19.2. The van der Waals surface area contributed by atoms with Crippen LogP contribution in [0.25, 0.3) is 27.5 Å². The molecule has 33 heavy (non-hydrogen) atoms. The molecule has 0 saturated heterocycles. The summed E-state index contributed by atoms with van der Waals surface area (Å²) in [6, 6.07) is 7.80. The van der Waals surface area contributed by atoms with E-state index in [-0.39, 0.29) is 6.04 Å². The molecule has 1 aliphatic carbocycles. The van der Waals surface area contributed by atoms with Gasteiger partial charge in [-0.1, -0.05) is 6.07 Å². The molecule has 11 heteroatoms. The van der Waals surface area contributed by atoms with Gasteiger partial charge in [-0.2, -0.15) is 0 Å². The van der Waals surface area contributed by atoms with Gasteiger partial charge in [0.1, 0.15) is 6.33 Å². The average Bonchev–Trinajstić information content (AvgIpc) is 3.22. The lowest BCUT2D eigenvalue weighted by atomic mass is 9.93. The van der Waals surface area contributed by atoms with Crippen molar-refractivity contribution in [3.63, 3.8) is 0 Å². The van der Waals surface area contributed by atoms with E-state index >= 15 is 0 Å². The summed E-state index contributed by atoms with van der Waals surface area (Å²) in [6.45, 7) is 0. The van der Waals surface area contributed by atoms with Gasteiger partial charge in [0.25, 0.3) is 0 Å². The van der Waals surface area contributed by atoms with Crippen LogP contribution in [0.5, 0.6) is 5.88 Å². The van der Waals surface area contributed by atoms with Gasteiger partial charge in [-0.3, -0.25) is 4.74 Å². The van der Waals surface area contributed by atoms with Crippen molar-refractivity contribution in [2.24, 2.45) is 0 Å². The number of alkyl halides is 3. The zero-order valence-corrected chi connectivity index (χ0v) is 17.7. The van der Waals surface area contributed by atoms with Crippen molar-refractivity contribution in [1.29, 1.82) is 0 Å². The summed E-state index contributed by atoms with van der Waals surface area (Å²) in [6.07, 6.45) is 1.44.